The Morgan fingerprint density at radius 1 is 1.25 bits per heavy atom. The van der Waals surface area contributed by atoms with Gasteiger partial charge in [-0.15, -0.1) is 11.3 Å². The highest BCUT2D eigenvalue weighted by Crippen LogP contribution is 2.27. The lowest BCUT2D eigenvalue weighted by atomic mass is 10.0. The zero-order chi connectivity index (χ0) is 20.5. The normalized spacial score (nSPS) is 10.7. The van der Waals surface area contributed by atoms with Crippen molar-refractivity contribution in [3.63, 3.8) is 0 Å². The smallest absolute Gasteiger partial charge is 0.276 e. The van der Waals surface area contributed by atoms with Crippen LogP contribution < -0.4 is 20.9 Å². The summed E-state index contributed by atoms with van der Waals surface area (Å²) in [5.41, 5.74) is 6.97. The van der Waals surface area contributed by atoms with E-state index >= 15 is 0 Å². The molecule has 0 saturated carbocycles. The van der Waals surface area contributed by atoms with Crippen LogP contribution in [-0.4, -0.2) is 23.5 Å². The Morgan fingerprint density at radius 3 is 2.71 bits per heavy atom. The minimum absolute atomic E-state index is 0.00685. The SMILES string of the molecule is Cc1ccc(C(C)C)c(OCC(=O)NNC(=S)NC(=O)/C=C/c2cccs2)c1. The van der Waals surface area contributed by atoms with Crippen LogP contribution in [-0.2, 0) is 9.59 Å². The van der Waals surface area contributed by atoms with Gasteiger partial charge in [0, 0.05) is 11.0 Å². The fraction of sp³-hybridized carbons (Fsp3) is 0.250. The number of hydrazine groups is 1. The molecule has 0 aliphatic rings. The van der Waals surface area contributed by atoms with Crippen molar-refractivity contribution in [2.75, 3.05) is 6.61 Å². The zero-order valence-electron chi connectivity index (χ0n) is 15.9. The highest BCUT2D eigenvalue weighted by Gasteiger charge is 2.10. The number of thiocarbonyl (C=S) groups is 1. The standard InChI is InChI=1S/C20H23N3O3S2/c1-13(2)16-8-6-14(3)11-17(16)26-12-19(25)22-23-20(27)21-18(24)9-7-15-5-4-10-28-15/h4-11,13H,12H2,1-3H3,(H,22,25)(H2,21,23,24,27)/b9-7+. The van der Waals surface area contributed by atoms with Gasteiger partial charge in [-0.05, 0) is 59.8 Å². The first-order valence-electron chi connectivity index (χ1n) is 8.70. The Labute approximate surface area is 174 Å². The number of thiophene rings is 1. The summed E-state index contributed by atoms with van der Waals surface area (Å²) in [6.07, 6.45) is 3.05. The number of hydrogen-bond acceptors (Lipinski definition) is 5. The van der Waals surface area contributed by atoms with Crippen LogP contribution in [0.25, 0.3) is 6.08 Å². The van der Waals surface area contributed by atoms with E-state index in [0.29, 0.717) is 5.75 Å². The molecule has 0 radical (unpaired) electrons. The van der Waals surface area contributed by atoms with E-state index in [1.165, 1.54) is 17.4 Å². The van der Waals surface area contributed by atoms with Gasteiger partial charge in [0.25, 0.3) is 5.91 Å². The van der Waals surface area contributed by atoms with Gasteiger partial charge < -0.3 is 4.74 Å². The fourth-order valence-corrected chi connectivity index (χ4v) is 3.05. The molecular weight excluding hydrogens is 394 g/mol. The van der Waals surface area contributed by atoms with E-state index in [0.717, 1.165) is 16.0 Å². The predicted molar refractivity (Wildman–Crippen MR) is 116 cm³/mol. The monoisotopic (exact) mass is 417 g/mol. The summed E-state index contributed by atoms with van der Waals surface area (Å²) < 4.78 is 5.64. The van der Waals surface area contributed by atoms with E-state index in [1.807, 2.05) is 42.6 Å². The van der Waals surface area contributed by atoms with Gasteiger partial charge in [-0.1, -0.05) is 32.0 Å². The second kappa shape index (κ2) is 10.6. The molecule has 148 valence electrons. The summed E-state index contributed by atoms with van der Waals surface area (Å²) >= 11 is 6.50. The minimum Gasteiger partial charge on any atom is -0.483 e. The molecule has 2 amide bonds. The molecule has 0 spiro atoms. The topological polar surface area (TPSA) is 79.5 Å². The average molecular weight is 418 g/mol. The maximum atomic E-state index is 12.0. The Kier molecular flexibility index (Phi) is 8.16. The number of carbonyl (C=O) groups is 2. The van der Waals surface area contributed by atoms with Crippen LogP contribution in [0.1, 0.15) is 35.8 Å². The van der Waals surface area contributed by atoms with Crippen LogP contribution in [0.5, 0.6) is 5.75 Å². The number of hydrogen-bond donors (Lipinski definition) is 3. The van der Waals surface area contributed by atoms with Gasteiger partial charge in [0.15, 0.2) is 11.7 Å². The van der Waals surface area contributed by atoms with Crippen molar-refractivity contribution in [3.8, 4) is 5.75 Å². The van der Waals surface area contributed by atoms with Crippen molar-refractivity contribution in [3.05, 3.63) is 57.8 Å². The molecule has 1 aromatic heterocycles. The van der Waals surface area contributed by atoms with Crippen molar-refractivity contribution in [2.45, 2.75) is 26.7 Å². The van der Waals surface area contributed by atoms with Crippen molar-refractivity contribution >= 4 is 46.6 Å². The number of benzene rings is 1. The third-order valence-corrected chi connectivity index (χ3v) is 4.69. The Bertz CT molecular complexity index is 862. The molecule has 0 bridgehead atoms. The zero-order valence-corrected chi connectivity index (χ0v) is 17.6. The van der Waals surface area contributed by atoms with Crippen LogP contribution in [0.4, 0.5) is 0 Å². The second-order valence-corrected chi connectivity index (χ2v) is 7.71. The lowest BCUT2D eigenvalue weighted by Gasteiger charge is -2.15. The third-order valence-electron chi connectivity index (χ3n) is 3.64. The van der Waals surface area contributed by atoms with Crippen molar-refractivity contribution in [2.24, 2.45) is 0 Å². The fourth-order valence-electron chi connectivity index (χ4n) is 2.28. The van der Waals surface area contributed by atoms with E-state index in [-0.39, 0.29) is 17.6 Å². The molecule has 1 aromatic carbocycles. The Balaban J connectivity index is 1.75. The van der Waals surface area contributed by atoms with Gasteiger partial charge in [0.1, 0.15) is 5.75 Å². The number of nitrogens with one attached hydrogen (secondary N) is 3. The summed E-state index contributed by atoms with van der Waals surface area (Å²) in [5, 5.41) is 4.36. The quantitative estimate of drug-likeness (QED) is 0.382. The van der Waals surface area contributed by atoms with Gasteiger partial charge in [-0.2, -0.15) is 0 Å². The Morgan fingerprint density at radius 2 is 2.04 bits per heavy atom. The first kappa shape index (κ1) is 21.6. The van der Waals surface area contributed by atoms with E-state index in [1.54, 1.807) is 6.08 Å². The van der Waals surface area contributed by atoms with Crippen LogP contribution in [0.3, 0.4) is 0 Å². The van der Waals surface area contributed by atoms with Crippen molar-refractivity contribution in [1.29, 1.82) is 0 Å². The molecule has 0 saturated heterocycles. The molecular formula is C20H23N3O3S2. The molecule has 28 heavy (non-hydrogen) atoms. The van der Waals surface area contributed by atoms with E-state index in [9.17, 15) is 9.59 Å². The van der Waals surface area contributed by atoms with Gasteiger partial charge in [0.2, 0.25) is 5.91 Å². The summed E-state index contributed by atoms with van der Waals surface area (Å²) in [6.45, 7) is 5.91. The van der Waals surface area contributed by atoms with Crippen molar-refractivity contribution < 1.29 is 14.3 Å². The predicted octanol–water partition coefficient (Wildman–Crippen LogP) is 3.29. The molecule has 2 rings (SSSR count). The summed E-state index contributed by atoms with van der Waals surface area (Å²) in [4.78, 5) is 24.7. The number of amides is 2. The molecule has 0 fully saturated rings. The van der Waals surface area contributed by atoms with Gasteiger partial charge in [-0.25, -0.2) is 0 Å². The maximum Gasteiger partial charge on any atom is 0.276 e. The van der Waals surface area contributed by atoms with Crippen LogP contribution in [0.15, 0.2) is 41.8 Å². The highest BCUT2D eigenvalue weighted by atomic mass is 32.1. The number of carbonyl (C=O) groups excluding carboxylic acids is 2. The van der Waals surface area contributed by atoms with Crippen LogP contribution in [0.2, 0.25) is 0 Å². The maximum absolute atomic E-state index is 12.0. The summed E-state index contributed by atoms with van der Waals surface area (Å²) in [5.74, 6) is 0.154. The molecule has 8 heteroatoms. The molecule has 0 aliphatic carbocycles. The highest BCUT2D eigenvalue weighted by molar-refractivity contribution is 7.80. The van der Waals surface area contributed by atoms with Gasteiger partial charge >= 0.3 is 0 Å². The number of aryl methyl sites for hydroxylation is 1. The lowest BCUT2D eigenvalue weighted by Crippen LogP contribution is -2.49. The van der Waals surface area contributed by atoms with Gasteiger partial charge in [0.05, 0.1) is 0 Å². The first-order valence-corrected chi connectivity index (χ1v) is 9.98. The van der Waals surface area contributed by atoms with Gasteiger partial charge in [-0.3, -0.25) is 25.8 Å². The molecule has 1 heterocycles. The lowest BCUT2D eigenvalue weighted by molar-refractivity contribution is -0.123. The van der Waals surface area contributed by atoms with E-state index < -0.39 is 11.8 Å². The first-order chi connectivity index (χ1) is 13.3. The van der Waals surface area contributed by atoms with E-state index in [2.05, 4.69) is 30.0 Å². The van der Waals surface area contributed by atoms with E-state index in [4.69, 9.17) is 17.0 Å². The second-order valence-electron chi connectivity index (χ2n) is 6.32. The summed E-state index contributed by atoms with van der Waals surface area (Å²) in [6, 6.07) is 9.70. The molecule has 0 atom stereocenters. The average Bonchev–Trinajstić information content (AvgIpc) is 3.16. The third kappa shape index (κ3) is 7.13. The molecule has 6 nitrogen and oxygen atoms in total. The number of rotatable bonds is 6. The molecule has 0 unspecified atom stereocenters. The largest absolute Gasteiger partial charge is 0.483 e. The minimum atomic E-state index is -0.415. The molecule has 3 N–H and O–H groups in total. The number of ether oxygens (including phenoxy) is 1. The Hall–Kier alpha value is -2.71. The summed E-state index contributed by atoms with van der Waals surface area (Å²) in [7, 11) is 0. The van der Waals surface area contributed by atoms with Crippen molar-refractivity contribution in [1.82, 2.24) is 16.2 Å². The molecule has 2 aromatic rings. The molecule has 0 aliphatic heterocycles. The van der Waals surface area contributed by atoms with Crippen LogP contribution in [0, 0.1) is 6.92 Å². The van der Waals surface area contributed by atoms with Crippen LogP contribution >= 0.6 is 23.6 Å².